The Labute approximate surface area is 98.7 Å². The van der Waals surface area contributed by atoms with Crippen molar-refractivity contribution in [3.63, 3.8) is 0 Å². The van der Waals surface area contributed by atoms with Crippen molar-refractivity contribution in [2.24, 2.45) is 0 Å². The van der Waals surface area contributed by atoms with Gasteiger partial charge in [0.1, 0.15) is 5.82 Å². The van der Waals surface area contributed by atoms with Gasteiger partial charge in [-0.25, -0.2) is 13.4 Å². The van der Waals surface area contributed by atoms with Crippen molar-refractivity contribution in [2.75, 3.05) is 0 Å². The maximum absolute atomic E-state index is 11.9. The number of aromatic nitrogens is 4. The van der Waals surface area contributed by atoms with Gasteiger partial charge in [0.25, 0.3) is 10.0 Å². The number of sulfonamides is 1. The standard InChI is InChI=1S/C9H13N5O2S/c1-2-7(9-10-5-6-11-9)14-17(15,16)8-3-4-12-13-8/h3-7,14H,2H2,1H3,(H,10,11)(H,12,13). The van der Waals surface area contributed by atoms with Crippen molar-refractivity contribution in [1.82, 2.24) is 24.9 Å². The molecule has 0 saturated heterocycles. The van der Waals surface area contributed by atoms with E-state index in [4.69, 9.17) is 0 Å². The molecule has 0 bridgehead atoms. The molecule has 1 unspecified atom stereocenters. The van der Waals surface area contributed by atoms with Crippen LogP contribution in [-0.2, 0) is 10.0 Å². The molecule has 17 heavy (non-hydrogen) atoms. The monoisotopic (exact) mass is 255 g/mol. The third-order valence-electron chi connectivity index (χ3n) is 2.32. The predicted molar refractivity (Wildman–Crippen MR) is 60.5 cm³/mol. The van der Waals surface area contributed by atoms with Gasteiger partial charge >= 0.3 is 0 Å². The van der Waals surface area contributed by atoms with E-state index in [-0.39, 0.29) is 11.1 Å². The predicted octanol–water partition coefficient (Wildman–Crippen LogP) is 0.562. The first-order chi connectivity index (χ1) is 8.13. The minimum absolute atomic E-state index is 0.0440. The van der Waals surface area contributed by atoms with Crippen LogP contribution in [0.4, 0.5) is 0 Å². The summed E-state index contributed by atoms with van der Waals surface area (Å²) in [5, 5.41) is 6.08. The molecule has 0 aliphatic heterocycles. The zero-order valence-electron chi connectivity index (χ0n) is 9.21. The van der Waals surface area contributed by atoms with E-state index >= 15 is 0 Å². The maximum Gasteiger partial charge on any atom is 0.258 e. The molecule has 0 aliphatic carbocycles. The van der Waals surface area contributed by atoms with Crippen molar-refractivity contribution in [1.29, 1.82) is 0 Å². The molecule has 0 spiro atoms. The number of hydrogen-bond donors (Lipinski definition) is 3. The van der Waals surface area contributed by atoms with Crippen LogP contribution in [-0.4, -0.2) is 28.6 Å². The van der Waals surface area contributed by atoms with Crippen LogP contribution in [0.3, 0.4) is 0 Å². The Bertz CT molecular complexity index is 546. The average molecular weight is 255 g/mol. The van der Waals surface area contributed by atoms with E-state index in [1.165, 1.54) is 12.3 Å². The topological polar surface area (TPSA) is 104 Å². The van der Waals surface area contributed by atoms with Gasteiger partial charge in [-0.3, -0.25) is 5.10 Å². The molecular weight excluding hydrogens is 242 g/mol. The lowest BCUT2D eigenvalue weighted by atomic mass is 10.2. The highest BCUT2D eigenvalue weighted by Crippen LogP contribution is 2.15. The van der Waals surface area contributed by atoms with Crippen molar-refractivity contribution < 1.29 is 8.42 Å². The van der Waals surface area contributed by atoms with Gasteiger partial charge in [-0.1, -0.05) is 6.92 Å². The fourth-order valence-electron chi connectivity index (χ4n) is 1.44. The Kier molecular flexibility index (Phi) is 3.25. The molecule has 0 amide bonds. The van der Waals surface area contributed by atoms with E-state index in [2.05, 4.69) is 24.9 Å². The second-order valence-electron chi connectivity index (χ2n) is 3.48. The van der Waals surface area contributed by atoms with Gasteiger partial charge in [0.15, 0.2) is 5.03 Å². The highest BCUT2D eigenvalue weighted by molar-refractivity contribution is 7.89. The summed E-state index contributed by atoms with van der Waals surface area (Å²) in [4.78, 5) is 6.94. The number of imidazole rings is 1. The van der Waals surface area contributed by atoms with E-state index in [1.807, 2.05) is 6.92 Å². The van der Waals surface area contributed by atoms with Gasteiger partial charge in [0, 0.05) is 12.4 Å². The lowest BCUT2D eigenvalue weighted by Crippen LogP contribution is -2.29. The van der Waals surface area contributed by atoms with Gasteiger partial charge in [-0.05, 0) is 12.5 Å². The highest BCUT2D eigenvalue weighted by atomic mass is 32.2. The zero-order chi connectivity index (χ0) is 12.3. The summed E-state index contributed by atoms with van der Waals surface area (Å²) in [5.74, 6) is 0.593. The van der Waals surface area contributed by atoms with Gasteiger partial charge < -0.3 is 4.98 Å². The van der Waals surface area contributed by atoms with E-state index in [9.17, 15) is 8.42 Å². The van der Waals surface area contributed by atoms with Crippen molar-refractivity contribution in [3.8, 4) is 0 Å². The molecule has 7 nitrogen and oxygen atoms in total. The highest BCUT2D eigenvalue weighted by Gasteiger charge is 2.22. The summed E-state index contributed by atoms with van der Waals surface area (Å²) in [6.07, 6.45) is 5.23. The average Bonchev–Trinajstić information content (AvgIpc) is 2.97. The number of H-pyrrole nitrogens is 2. The number of rotatable bonds is 5. The Morgan fingerprint density at radius 1 is 1.47 bits per heavy atom. The minimum Gasteiger partial charge on any atom is -0.347 e. The van der Waals surface area contributed by atoms with E-state index in [1.54, 1.807) is 12.4 Å². The molecule has 3 N–H and O–H groups in total. The van der Waals surface area contributed by atoms with E-state index < -0.39 is 10.0 Å². The number of nitrogens with zero attached hydrogens (tertiary/aromatic N) is 2. The van der Waals surface area contributed by atoms with Gasteiger partial charge in [-0.2, -0.15) is 9.82 Å². The molecule has 0 fully saturated rings. The van der Waals surface area contributed by atoms with E-state index in [0.29, 0.717) is 12.2 Å². The fraction of sp³-hybridized carbons (Fsp3) is 0.333. The maximum atomic E-state index is 11.9. The summed E-state index contributed by atoms with van der Waals surface area (Å²) < 4.78 is 26.4. The lowest BCUT2D eigenvalue weighted by Gasteiger charge is -2.13. The van der Waals surface area contributed by atoms with Gasteiger partial charge in [0.05, 0.1) is 12.2 Å². The molecule has 8 heteroatoms. The van der Waals surface area contributed by atoms with Crippen LogP contribution in [0.25, 0.3) is 0 Å². The molecule has 0 radical (unpaired) electrons. The molecule has 2 heterocycles. The Morgan fingerprint density at radius 3 is 2.82 bits per heavy atom. The number of hydrogen-bond acceptors (Lipinski definition) is 4. The van der Waals surface area contributed by atoms with Crippen LogP contribution in [0.5, 0.6) is 0 Å². The number of nitrogens with one attached hydrogen (secondary N) is 3. The second-order valence-corrected chi connectivity index (χ2v) is 5.16. The molecule has 2 aromatic rings. The zero-order valence-corrected chi connectivity index (χ0v) is 10.0. The van der Waals surface area contributed by atoms with E-state index in [0.717, 1.165) is 0 Å². The van der Waals surface area contributed by atoms with Gasteiger partial charge in [-0.15, -0.1) is 0 Å². The van der Waals surface area contributed by atoms with Crippen LogP contribution in [0.15, 0.2) is 29.7 Å². The molecule has 92 valence electrons. The van der Waals surface area contributed by atoms with Crippen molar-refractivity contribution >= 4 is 10.0 Å². The summed E-state index contributed by atoms with van der Waals surface area (Å²) >= 11 is 0. The molecule has 2 rings (SSSR count). The number of aromatic amines is 2. The Balaban J connectivity index is 2.20. The van der Waals surface area contributed by atoms with Crippen LogP contribution in [0, 0.1) is 0 Å². The first kappa shape index (κ1) is 11.8. The van der Waals surface area contributed by atoms with Gasteiger partial charge in [0.2, 0.25) is 0 Å². The van der Waals surface area contributed by atoms with Crippen LogP contribution in [0.1, 0.15) is 25.2 Å². The smallest absolute Gasteiger partial charge is 0.258 e. The Hall–Kier alpha value is -1.67. The molecule has 0 saturated carbocycles. The van der Waals surface area contributed by atoms with Crippen LogP contribution < -0.4 is 4.72 Å². The normalized spacial score (nSPS) is 13.7. The summed E-state index contributed by atoms with van der Waals surface area (Å²) in [7, 11) is -3.58. The quantitative estimate of drug-likeness (QED) is 0.726. The summed E-state index contributed by atoms with van der Waals surface area (Å²) in [6, 6.07) is 1.02. The first-order valence-corrected chi connectivity index (χ1v) is 6.63. The fourth-order valence-corrected chi connectivity index (χ4v) is 2.64. The molecule has 1 atom stereocenters. The SMILES string of the molecule is CCC(NS(=O)(=O)c1ccn[nH]1)c1ncc[nH]1. The Morgan fingerprint density at radius 2 is 2.29 bits per heavy atom. The van der Waals surface area contributed by atoms with Crippen molar-refractivity contribution in [3.05, 3.63) is 30.5 Å². The van der Waals surface area contributed by atoms with Crippen LogP contribution in [0.2, 0.25) is 0 Å². The van der Waals surface area contributed by atoms with Crippen molar-refractivity contribution in [2.45, 2.75) is 24.4 Å². The van der Waals surface area contributed by atoms with Crippen LogP contribution >= 0.6 is 0 Å². The lowest BCUT2D eigenvalue weighted by molar-refractivity contribution is 0.536. The molecular formula is C9H13N5O2S. The molecule has 2 aromatic heterocycles. The largest absolute Gasteiger partial charge is 0.347 e. The third-order valence-corrected chi connectivity index (χ3v) is 3.72. The molecule has 0 aromatic carbocycles. The summed E-state index contributed by atoms with van der Waals surface area (Å²) in [6.45, 7) is 1.88. The second kappa shape index (κ2) is 4.68. The molecule has 0 aliphatic rings. The minimum atomic E-state index is -3.58. The first-order valence-electron chi connectivity index (χ1n) is 5.14. The summed E-state index contributed by atoms with van der Waals surface area (Å²) in [5.41, 5.74) is 0. The third kappa shape index (κ3) is 2.53.